The van der Waals surface area contributed by atoms with E-state index in [1.54, 1.807) is 28.5 Å². The molecule has 0 bridgehead atoms. The number of carbonyl (C=O) groups excluding carboxylic acids is 1. The summed E-state index contributed by atoms with van der Waals surface area (Å²) in [6, 6.07) is 5.23. The Labute approximate surface area is 141 Å². The van der Waals surface area contributed by atoms with E-state index in [9.17, 15) is 4.79 Å². The van der Waals surface area contributed by atoms with Crippen molar-refractivity contribution < 1.29 is 9.53 Å². The monoisotopic (exact) mass is 357 g/mol. The molecule has 0 atom stereocenters. The summed E-state index contributed by atoms with van der Waals surface area (Å²) < 4.78 is 5.24. The molecule has 1 aromatic carbocycles. The molecule has 1 aliphatic heterocycles. The highest BCUT2D eigenvalue weighted by Crippen LogP contribution is 2.28. The number of hydrogen-bond donors (Lipinski definition) is 1. The first-order valence-electron chi connectivity index (χ1n) is 6.68. The van der Waals surface area contributed by atoms with Crippen molar-refractivity contribution in [2.45, 2.75) is 0 Å². The molecule has 116 valence electrons. The summed E-state index contributed by atoms with van der Waals surface area (Å²) in [7, 11) is 0. The Hall–Kier alpha value is -1.34. The van der Waals surface area contributed by atoms with Crippen molar-refractivity contribution in [3.63, 3.8) is 0 Å². The van der Waals surface area contributed by atoms with Crippen LogP contribution in [0.1, 0.15) is 10.5 Å². The van der Waals surface area contributed by atoms with E-state index < -0.39 is 0 Å². The molecular weight excluding hydrogens is 345 g/mol. The molecule has 0 unspecified atom stereocenters. The minimum Gasteiger partial charge on any atom is -0.378 e. The number of rotatable bonds is 3. The number of ether oxygens (including phenoxy) is 1. The van der Waals surface area contributed by atoms with Crippen LogP contribution in [0.15, 0.2) is 23.6 Å². The maximum absolute atomic E-state index is 12.3. The normalized spacial score (nSPS) is 14.9. The molecule has 0 aliphatic carbocycles. The van der Waals surface area contributed by atoms with Crippen molar-refractivity contribution >= 4 is 51.3 Å². The summed E-state index contributed by atoms with van der Waals surface area (Å²) >= 11 is 13.2. The molecular formula is C14H13Cl2N3O2S. The number of hydrogen-bond acceptors (Lipinski definition) is 5. The van der Waals surface area contributed by atoms with Crippen LogP contribution in [-0.2, 0) is 4.74 Å². The summed E-state index contributed by atoms with van der Waals surface area (Å²) in [6.45, 7) is 2.35. The molecule has 0 saturated carbocycles. The van der Waals surface area contributed by atoms with E-state index in [2.05, 4.69) is 10.3 Å². The number of anilines is 2. The second-order valence-corrected chi connectivity index (χ2v) is 6.37. The van der Waals surface area contributed by atoms with Gasteiger partial charge in [-0.25, -0.2) is 4.98 Å². The van der Waals surface area contributed by atoms with Crippen molar-refractivity contribution in [3.8, 4) is 0 Å². The van der Waals surface area contributed by atoms with Gasteiger partial charge >= 0.3 is 0 Å². The first-order chi connectivity index (χ1) is 10.6. The van der Waals surface area contributed by atoms with E-state index in [0.29, 0.717) is 47.2 Å². The molecule has 1 aliphatic rings. The molecule has 1 saturated heterocycles. The molecule has 5 nitrogen and oxygen atoms in total. The molecule has 8 heteroatoms. The lowest BCUT2D eigenvalue weighted by molar-refractivity contribution is 0.0299. The topological polar surface area (TPSA) is 54.5 Å². The maximum Gasteiger partial charge on any atom is 0.273 e. The average Bonchev–Trinajstić information content (AvgIpc) is 2.99. The zero-order valence-corrected chi connectivity index (χ0v) is 13.8. The van der Waals surface area contributed by atoms with Gasteiger partial charge in [0.05, 0.1) is 23.3 Å². The number of amides is 1. The molecule has 2 heterocycles. The van der Waals surface area contributed by atoms with Crippen molar-refractivity contribution in [1.29, 1.82) is 0 Å². The van der Waals surface area contributed by atoms with Gasteiger partial charge in [0.1, 0.15) is 5.69 Å². The van der Waals surface area contributed by atoms with Gasteiger partial charge in [0.2, 0.25) is 0 Å². The predicted molar refractivity (Wildman–Crippen MR) is 88.6 cm³/mol. The number of thiazole rings is 1. The van der Waals surface area contributed by atoms with Crippen LogP contribution in [0.25, 0.3) is 0 Å². The second kappa shape index (κ2) is 6.83. The fraction of sp³-hybridized carbons (Fsp3) is 0.286. The minimum atomic E-state index is -0.0678. The molecule has 2 aromatic rings. The maximum atomic E-state index is 12.3. The summed E-state index contributed by atoms with van der Waals surface area (Å²) in [6.07, 6.45) is 0. The summed E-state index contributed by atoms with van der Waals surface area (Å²) in [5.74, 6) is -0.0678. The number of morpholine rings is 1. The van der Waals surface area contributed by atoms with Gasteiger partial charge in [-0.15, -0.1) is 11.3 Å². The number of carbonyl (C=O) groups is 1. The number of nitrogens with one attached hydrogen (secondary N) is 1. The summed E-state index contributed by atoms with van der Waals surface area (Å²) in [4.78, 5) is 18.4. The number of aromatic nitrogens is 1. The van der Waals surface area contributed by atoms with Crippen LogP contribution in [0.5, 0.6) is 0 Å². The quantitative estimate of drug-likeness (QED) is 0.910. The zero-order valence-electron chi connectivity index (χ0n) is 11.5. The van der Waals surface area contributed by atoms with Crippen molar-refractivity contribution in [2.24, 2.45) is 0 Å². The highest BCUT2D eigenvalue weighted by molar-refractivity contribution is 7.14. The van der Waals surface area contributed by atoms with E-state index in [1.807, 2.05) is 0 Å². The second-order valence-electron chi connectivity index (χ2n) is 4.70. The fourth-order valence-electron chi connectivity index (χ4n) is 2.06. The largest absolute Gasteiger partial charge is 0.378 e. The van der Waals surface area contributed by atoms with Gasteiger partial charge in [-0.2, -0.15) is 0 Å². The number of benzene rings is 1. The van der Waals surface area contributed by atoms with Crippen LogP contribution in [0.2, 0.25) is 10.0 Å². The van der Waals surface area contributed by atoms with Crippen molar-refractivity contribution in [2.75, 3.05) is 31.6 Å². The van der Waals surface area contributed by atoms with Gasteiger partial charge in [-0.05, 0) is 18.2 Å². The molecule has 3 rings (SSSR count). The Bertz CT molecular complexity index is 686. The van der Waals surface area contributed by atoms with Gasteiger partial charge in [0, 0.05) is 24.2 Å². The van der Waals surface area contributed by atoms with Gasteiger partial charge in [-0.3, -0.25) is 4.79 Å². The van der Waals surface area contributed by atoms with Gasteiger partial charge in [0.25, 0.3) is 5.91 Å². The lowest BCUT2D eigenvalue weighted by Crippen LogP contribution is -2.40. The average molecular weight is 358 g/mol. The Morgan fingerprint density at radius 3 is 2.77 bits per heavy atom. The third-order valence-electron chi connectivity index (χ3n) is 3.19. The van der Waals surface area contributed by atoms with E-state index in [4.69, 9.17) is 27.9 Å². The molecule has 0 radical (unpaired) electrons. The number of halogens is 2. The first kappa shape index (κ1) is 15.6. The van der Waals surface area contributed by atoms with Crippen LogP contribution < -0.4 is 5.32 Å². The van der Waals surface area contributed by atoms with Gasteiger partial charge < -0.3 is 15.0 Å². The van der Waals surface area contributed by atoms with E-state index >= 15 is 0 Å². The van der Waals surface area contributed by atoms with Crippen LogP contribution in [0, 0.1) is 0 Å². The van der Waals surface area contributed by atoms with Crippen molar-refractivity contribution in [3.05, 3.63) is 39.3 Å². The van der Waals surface area contributed by atoms with Crippen LogP contribution in [-0.4, -0.2) is 42.1 Å². The molecule has 0 spiro atoms. The van der Waals surface area contributed by atoms with E-state index in [-0.39, 0.29) is 5.91 Å². The first-order valence-corrected chi connectivity index (χ1v) is 8.31. The third kappa shape index (κ3) is 3.52. The van der Waals surface area contributed by atoms with E-state index in [1.165, 1.54) is 11.3 Å². The van der Waals surface area contributed by atoms with Crippen LogP contribution >= 0.6 is 34.5 Å². The molecule has 1 N–H and O–H groups in total. The van der Waals surface area contributed by atoms with Crippen LogP contribution in [0.3, 0.4) is 0 Å². The molecule has 1 amide bonds. The lowest BCUT2D eigenvalue weighted by atomic mass is 10.3. The predicted octanol–water partition coefficient (Wildman–Crippen LogP) is 3.67. The standard InChI is InChI=1S/C14H13Cl2N3O2S/c15-10-2-1-9(7-11(10)16)17-14-18-12(8-22-14)13(20)19-3-5-21-6-4-19/h1-2,7-8H,3-6H2,(H,17,18). The highest BCUT2D eigenvalue weighted by atomic mass is 35.5. The minimum absolute atomic E-state index is 0.0678. The Morgan fingerprint density at radius 2 is 2.05 bits per heavy atom. The van der Waals surface area contributed by atoms with E-state index in [0.717, 1.165) is 5.69 Å². The summed E-state index contributed by atoms with van der Waals surface area (Å²) in [5.41, 5.74) is 1.21. The molecule has 1 aromatic heterocycles. The van der Waals surface area contributed by atoms with Gasteiger partial charge in [-0.1, -0.05) is 23.2 Å². The third-order valence-corrected chi connectivity index (χ3v) is 4.69. The van der Waals surface area contributed by atoms with Gasteiger partial charge in [0.15, 0.2) is 5.13 Å². The zero-order chi connectivity index (χ0) is 15.5. The smallest absolute Gasteiger partial charge is 0.273 e. The van der Waals surface area contributed by atoms with Crippen molar-refractivity contribution in [1.82, 2.24) is 9.88 Å². The SMILES string of the molecule is O=C(c1csc(Nc2ccc(Cl)c(Cl)c2)n1)N1CCOCC1. The lowest BCUT2D eigenvalue weighted by Gasteiger charge is -2.25. The summed E-state index contributed by atoms with van der Waals surface area (Å²) in [5, 5.41) is 6.46. The Morgan fingerprint density at radius 1 is 1.27 bits per heavy atom. The van der Waals surface area contributed by atoms with Crippen LogP contribution in [0.4, 0.5) is 10.8 Å². The fourth-order valence-corrected chi connectivity index (χ4v) is 3.06. The number of nitrogens with zero attached hydrogens (tertiary/aromatic N) is 2. The molecule has 22 heavy (non-hydrogen) atoms. The molecule has 1 fully saturated rings. The Balaban J connectivity index is 1.70. The Kier molecular flexibility index (Phi) is 4.83. The highest BCUT2D eigenvalue weighted by Gasteiger charge is 2.20.